The highest BCUT2D eigenvalue weighted by molar-refractivity contribution is 4.81. The van der Waals surface area contributed by atoms with Crippen molar-refractivity contribution in [1.29, 1.82) is 0 Å². The van der Waals surface area contributed by atoms with E-state index in [2.05, 4.69) is 10.5 Å². The lowest BCUT2D eigenvalue weighted by Crippen LogP contribution is -2.54. The van der Waals surface area contributed by atoms with Crippen molar-refractivity contribution in [3.63, 3.8) is 0 Å². The molecule has 0 aromatic rings. The number of halogens is 9. The van der Waals surface area contributed by atoms with E-state index in [-0.39, 0.29) is 0 Å². The average Bonchev–Trinajstić information content (AvgIpc) is 2.12. The molecule has 0 aromatic heterocycles. The molecule has 1 unspecified atom stereocenters. The molecule has 1 atom stereocenters. The topological polar surface area (TPSA) is 35.2 Å². The Morgan fingerprint density at radius 1 is 0.941 bits per heavy atom. The fourth-order valence-electron chi connectivity index (χ4n) is 0.536. The first-order chi connectivity index (χ1) is 7.31. The molecule has 11 heteroatoms. The second-order valence-electron chi connectivity index (χ2n) is 2.93. The van der Waals surface area contributed by atoms with Gasteiger partial charge in [0.1, 0.15) is 6.61 Å². The van der Waals surface area contributed by atoms with E-state index in [1.54, 1.807) is 0 Å². The molecule has 0 spiro atoms. The number of rotatable bonds is 5. The molecule has 0 aliphatic carbocycles. The fraction of sp³-hybridized carbons (Fsp3) is 1.00. The minimum atomic E-state index is -5.62. The van der Waals surface area contributed by atoms with Crippen LogP contribution in [0.5, 0.6) is 0 Å². The first-order valence-corrected chi connectivity index (χ1v) is 3.81. The summed E-state index contributed by atoms with van der Waals surface area (Å²) in [5, 5.41) is 0. The Balaban J connectivity index is 4.58. The molecule has 2 nitrogen and oxygen atoms in total. The molecule has 0 fully saturated rings. The molecule has 0 aromatic carbocycles. The van der Waals surface area contributed by atoms with E-state index in [1.807, 2.05) is 0 Å². The average molecular weight is 279 g/mol. The second kappa shape index (κ2) is 4.88. The predicted octanol–water partition coefficient (Wildman–Crippen LogP) is 2.39. The number of alkyl halides is 9. The number of hydrogen-bond acceptors (Lipinski definition) is 2. The van der Waals surface area contributed by atoms with Gasteiger partial charge < -0.3 is 10.5 Å². The van der Waals surface area contributed by atoms with E-state index < -0.39 is 37.3 Å². The molecule has 0 radical (unpaired) electrons. The van der Waals surface area contributed by atoms with Gasteiger partial charge in [0.2, 0.25) is 0 Å². The van der Waals surface area contributed by atoms with Crippen molar-refractivity contribution in [2.24, 2.45) is 5.73 Å². The normalized spacial score (nSPS) is 16.4. The van der Waals surface area contributed by atoms with Crippen molar-refractivity contribution in [3.8, 4) is 0 Å². The molecule has 0 aliphatic heterocycles. The molecule has 17 heavy (non-hydrogen) atoms. The van der Waals surface area contributed by atoms with Gasteiger partial charge >= 0.3 is 24.6 Å². The third kappa shape index (κ3) is 4.58. The molecule has 2 N–H and O–H groups in total. The van der Waals surface area contributed by atoms with Crippen LogP contribution in [0.1, 0.15) is 0 Å². The predicted molar refractivity (Wildman–Crippen MR) is 35.9 cm³/mol. The van der Waals surface area contributed by atoms with E-state index in [9.17, 15) is 39.5 Å². The van der Waals surface area contributed by atoms with Gasteiger partial charge in [-0.1, -0.05) is 0 Å². The monoisotopic (exact) mass is 279 g/mol. The summed E-state index contributed by atoms with van der Waals surface area (Å²) in [4.78, 5) is 0. The van der Waals surface area contributed by atoms with Crippen molar-refractivity contribution >= 4 is 0 Å². The fourth-order valence-corrected chi connectivity index (χ4v) is 0.536. The minimum absolute atomic E-state index is 2.58. The van der Waals surface area contributed by atoms with Gasteiger partial charge in [0.15, 0.2) is 6.04 Å². The van der Waals surface area contributed by atoms with Gasteiger partial charge in [0.25, 0.3) is 0 Å². The van der Waals surface area contributed by atoms with E-state index in [0.29, 0.717) is 0 Å². The zero-order valence-electron chi connectivity index (χ0n) is 7.75. The molecular formula is C6H6F9NO. The molecule has 0 rings (SSSR count). The molecule has 0 saturated heterocycles. The Labute approximate surface area is 88.5 Å². The third-order valence-electron chi connectivity index (χ3n) is 1.49. The van der Waals surface area contributed by atoms with Gasteiger partial charge in [0, 0.05) is 0 Å². The van der Waals surface area contributed by atoms with Crippen LogP contribution in [0, 0.1) is 0 Å². The first-order valence-electron chi connectivity index (χ1n) is 3.81. The Morgan fingerprint density at radius 2 is 1.35 bits per heavy atom. The molecule has 0 bridgehead atoms. The highest BCUT2D eigenvalue weighted by Gasteiger charge is 2.56. The van der Waals surface area contributed by atoms with Crippen molar-refractivity contribution < 1.29 is 44.3 Å². The molecular weight excluding hydrogens is 273 g/mol. The van der Waals surface area contributed by atoms with Crippen LogP contribution in [0.2, 0.25) is 0 Å². The standard InChI is InChI=1S/C6H6F9NO/c7-3(8)4(9,10)1-17-6(14,15)2(16)5(11,12)13/h2-3H,1,16H2. The summed E-state index contributed by atoms with van der Waals surface area (Å²) in [6.07, 6.45) is -15.2. The van der Waals surface area contributed by atoms with E-state index in [0.717, 1.165) is 0 Å². The van der Waals surface area contributed by atoms with Crippen molar-refractivity contribution in [2.75, 3.05) is 6.61 Å². The smallest absolute Gasteiger partial charge is 0.313 e. The van der Waals surface area contributed by atoms with Crippen LogP contribution in [0.15, 0.2) is 0 Å². The van der Waals surface area contributed by atoms with Crippen LogP contribution < -0.4 is 5.73 Å². The maximum Gasteiger partial charge on any atom is 0.412 e. The lowest BCUT2D eigenvalue weighted by atomic mass is 10.3. The number of nitrogens with two attached hydrogens (primary N) is 1. The maximum absolute atomic E-state index is 12.5. The van der Waals surface area contributed by atoms with Crippen LogP contribution in [-0.2, 0) is 4.74 Å². The van der Waals surface area contributed by atoms with Gasteiger partial charge in [-0.25, -0.2) is 8.78 Å². The van der Waals surface area contributed by atoms with Crippen LogP contribution in [-0.4, -0.2) is 37.3 Å². The third-order valence-corrected chi connectivity index (χ3v) is 1.49. The Hall–Kier alpha value is -0.710. The van der Waals surface area contributed by atoms with E-state index >= 15 is 0 Å². The highest BCUT2D eigenvalue weighted by Crippen LogP contribution is 2.33. The minimum Gasteiger partial charge on any atom is -0.313 e. The summed E-state index contributed by atoms with van der Waals surface area (Å²) in [6, 6.07) is -3.89. The van der Waals surface area contributed by atoms with Crippen LogP contribution in [0.3, 0.4) is 0 Å². The quantitative estimate of drug-likeness (QED) is 0.784. The Kier molecular flexibility index (Phi) is 4.68. The summed E-state index contributed by atoms with van der Waals surface area (Å²) in [7, 11) is 0. The van der Waals surface area contributed by atoms with Crippen molar-refractivity contribution in [3.05, 3.63) is 0 Å². The molecule has 104 valence electrons. The number of hydrogen-bond donors (Lipinski definition) is 1. The summed E-state index contributed by atoms with van der Waals surface area (Å²) < 4.78 is 110. The second-order valence-corrected chi connectivity index (χ2v) is 2.93. The van der Waals surface area contributed by atoms with Crippen molar-refractivity contribution in [2.45, 2.75) is 30.7 Å². The lowest BCUT2D eigenvalue weighted by Gasteiger charge is -2.26. The highest BCUT2D eigenvalue weighted by atomic mass is 19.4. The van der Waals surface area contributed by atoms with Crippen LogP contribution in [0.4, 0.5) is 39.5 Å². The van der Waals surface area contributed by atoms with Gasteiger partial charge in [0.05, 0.1) is 0 Å². The largest absolute Gasteiger partial charge is 0.412 e. The summed E-state index contributed by atoms with van der Waals surface area (Å²) in [5.41, 5.74) is 4.00. The first kappa shape index (κ1) is 16.3. The zero-order valence-corrected chi connectivity index (χ0v) is 7.75. The van der Waals surface area contributed by atoms with Gasteiger partial charge in [-0.15, -0.1) is 0 Å². The summed E-state index contributed by atoms with van der Waals surface area (Å²) in [6.45, 7) is -2.58. The van der Waals surface area contributed by atoms with Crippen LogP contribution in [0.25, 0.3) is 0 Å². The molecule has 0 saturated carbocycles. The van der Waals surface area contributed by atoms with E-state index in [1.165, 1.54) is 0 Å². The number of ether oxygens (including phenoxy) is 1. The molecule has 0 aliphatic rings. The van der Waals surface area contributed by atoms with Gasteiger partial charge in [-0.05, 0) is 0 Å². The maximum atomic E-state index is 12.5. The Bertz CT molecular complexity index is 250. The van der Waals surface area contributed by atoms with E-state index in [4.69, 9.17) is 0 Å². The summed E-state index contributed by atoms with van der Waals surface area (Å²) >= 11 is 0. The SMILES string of the molecule is NC(C(F)(F)F)C(F)(F)OCC(F)(F)C(F)F. The molecule has 0 heterocycles. The van der Waals surface area contributed by atoms with Crippen molar-refractivity contribution in [1.82, 2.24) is 0 Å². The van der Waals surface area contributed by atoms with Crippen LogP contribution >= 0.6 is 0 Å². The van der Waals surface area contributed by atoms with Gasteiger partial charge in [-0.3, -0.25) is 0 Å². The lowest BCUT2D eigenvalue weighted by molar-refractivity contribution is -0.326. The van der Waals surface area contributed by atoms with Gasteiger partial charge in [-0.2, -0.15) is 30.7 Å². The zero-order chi connectivity index (χ0) is 14.1. The summed E-state index contributed by atoms with van der Waals surface area (Å²) in [5.74, 6) is -4.99. The Morgan fingerprint density at radius 3 is 1.65 bits per heavy atom. The molecule has 0 amide bonds.